The maximum atomic E-state index is 11.8. The van der Waals surface area contributed by atoms with Crippen molar-refractivity contribution in [1.29, 1.82) is 0 Å². The van der Waals surface area contributed by atoms with Crippen LogP contribution in [0.25, 0.3) is 6.08 Å². The van der Waals surface area contributed by atoms with Crippen LogP contribution in [-0.4, -0.2) is 49.8 Å². The first-order valence-electron chi connectivity index (χ1n) is 7.01. The number of rotatable bonds is 5. The minimum absolute atomic E-state index is 0.00505. The Hall–Kier alpha value is -1.59. The van der Waals surface area contributed by atoms with E-state index in [9.17, 15) is 4.79 Å². The molecule has 0 spiro atoms. The van der Waals surface area contributed by atoms with Crippen molar-refractivity contribution in [2.45, 2.75) is 12.5 Å². The molecule has 5 nitrogen and oxygen atoms in total. The lowest BCUT2D eigenvalue weighted by molar-refractivity contribution is -0.140. The molecule has 1 atom stereocenters. The summed E-state index contributed by atoms with van der Waals surface area (Å²) in [5, 5.41) is 0. The molecular formula is C15H19NO4. The van der Waals surface area contributed by atoms with Gasteiger partial charge in [-0.05, 0) is 24.6 Å². The number of carbonyl (C=O) groups is 1. The van der Waals surface area contributed by atoms with Crippen LogP contribution in [-0.2, 0) is 14.3 Å². The molecule has 0 aliphatic carbocycles. The standard InChI is InChI=1S/C15H19NO4/c17-15(4-3-13-2-1-6-19-13)16-8-14(9-16)20-11-12-5-7-18-10-12/h1-4,6,12,14H,5,7-11H2/b4-3+. The lowest BCUT2D eigenvalue weighted by Gasteiger charge is -2.38. The van der Waals surface area contributed by atoms with Crippen molar-refractivity contribution in [3.63, 3.8) is 0 Å². The van der Waals surface area contributed by atoms with E-state index in [0.29, 0.717) is 24.8 Å². The van der Waals surface area contributed by atoms with Gasteiger partial charge >= 0.3 is 0 Å². The van der Waals surface area contributed by atoms with Crippen molar-refractivity contribution < 1.29 is 18.7 Å². The van der Waals surface area contributed by atoms with Crippen LogP contribution in [0, 0.1) is 5.92 Å². The molecule has 2 saturated heterocycles. The summed E-state index contributed by atoms with van der Waals surface area (Å²) >= 11 is 0. The number of likely N-dealkylation sites (tertiary alicyclic amines) is 1. The van der Waals surface area contributed by atoms with Crippen LogP contribution in [0.4, 0.5) is 0 Å². The Morgan fingerprint density at radius 1 is 1.50 bits per heavy atom. The minimum atomic E-state index is 0.00505. The number of hydrogen-bond acceptors (Lipinski definition) is 4. The van der Waals surface area contributed by atoms with Gasteiger partial charge in [0.15, 0.2) is 0 Å². The molecule has 3 heterocycles. The van der Waals surface area contributed by atoms with Crippen molar-refractivity contribution in [2.75, 3.05) is 32.9 Å². The number of nitrogens with zero attached hydrogens (tertiary/aromatic N) is 1. The second kappa shape index (κ2) is 6.24. The molecule has 1 aromatic rings. The third-order valence-corrected chi connectivity index (χ3v) is 3.68. The Kier molecular flexibility index (Phi) is 4.18. The minimum Gasteiger partial charge on any atom is -0.465 e. The van der Waals surface area contributed by atoms with Gasteiger partial charge in [0.2, 0.25) is 5.91 Å². The van der Waals surface area contributed by atoms with Gasteiger partial charge in [0.05, 0.1) is 25.6 Å². The topological polar surface area (TPSA) is 51.9 Å². The smallest absolute Gasteiger partial charge is 0.246 e. The molecule has 108 valence electrons. The van der Waals surface area contributed by atoms with Gasteiger partial charge in [-0.2, -0.15) is 0 Å². The lowest BCUT2D eigenvalue weighted by atomic mass is 10.1. The largest absolute Gasteiger partial charge is 0.465 e. The van der Waals surface area contributed by atoms with E-state index in [2.05, 4.69) is 0 Å². The molecular weight excluding hydrogens is 258 g/mol. The predicted molar refractivity (Wildman–Crippen MR) is 73.0 cm³/mol. The molecule has 0 aromatic carbocycles. The van der Waals surface area contributed by atoms with Gasteiger partial charge in [0.1, 0.15) is 5.76 Å². The Balaban J connectivity index is 1.35. The summed E-state index contributed by atoms with van der Waals surface area (Å²) in [4.78, 5) is 13.6. The molecule has 1 unspecified atom stereocenters. The van der Waals surface area contributed by atoms with Gasteiger partial charge in [-0.1, -0.05) is 0 Å². The molecule has 0 N–H and O–H groups in total. The summed E-state index contributed by atoms with van der Waals surface area (Å²) in [6.45, 7) is 3.75. The van der Waals surface area contributed by atoms with Crippen LogP contribution in [0.2, 0.25) is 0 Å². The number of furan rings is 1. The normalized spacial score (nSPS) is 23.4. The zero-order valence-corrected chi connectivity index (χ0v) is 11.4. The van der Waals surface area contributed by atoms with Crippen LogP contribution in [0.1, 0.15) is 12.2 Å². The van der Waals surface area contributed by atoms with E-state index in [4.69, 9.17) is 13.9 Å². The highest BCUT2D eigenvalue weighted by molar-refractivity contribution is 5.92. The highest BCUT2D eigenvalue weighted by atomic mass is 16.5. The van der Waals surface area contributed by atoms with Crippen LogP contribution < -0.4 is 0 Å². The molecule has 0 saturated carbocycles. The van der Waals surface area contributed by atoms with Crippen molar-refractivity contribution in [1.82, 2.24) is 4.90 Å². The Bertz CT molecular complexity index is 456. The SMILES string of the molecule is O=C(/C=C/c1ccco1)N1CC(OCC2CCOC2)C1. The van der Waals surface area contributed by atoms with Crippen LogP contribution >= 0.6 is 0 Å². The van der Waals surface area contributed by atoms with E-state index in [0.717, 1.165) is 26.2 Å². The number of amides is 1. The van der Waals surface area contributed by atoms with Gasteiger partial charge < -0.3 is 18.8 Å². The Labute approximate surface area is 118 Å². The monoisotopic (exact) mass is 277 g/mol. The Morgan fingerprint density at radius 2 is 2.40 bits per heavy atom. The average Bonchev–Trinajstić information content (AvgIpc) is 3.07. The van der Waals surface area contributed by atoms with E-state index in [1.54, 1.807) is 29.4 Å². The number of carbonyl (C=O) groups excluding carboxylic acids is 1. The van der Waals surface area contributed by atoms with Crippen molar-refractivity contribution >= 4 is 12.0 Å². The maximum absolute atomic E-state index is 11.8. The summed E-state index contributed by atoms with van der Waals surface area (Å²) in [6.07, 6.45) is 6.08. The maximum Gasteiger partial charge on any atom is 0.246 e. The quantitative estimate of drug-likeness (QED) is 0.766. The summed E-state index contributed by atoms with van der Waals surface area (Å²) in [5.74, 6) is 1.22. The van der Waals surface area contributed by atoms with Crippen molar-refractivity contribution in [3.8, 4) is 0 Å². The molecule has 2 aliphatic rings. The third kappa shape index (κ3) is 3.29. The van der Waals surface area contributed by atoms with E-state index < -0.39 is 0 Å². The molecule has 5 heteroatoms. The van der Waals surface area contributed by atoms with Crippen LogP contribution in [0.15, 0.2) is 28.9 Å². The second-order valence-corrected chi connectivity index (χ2v) is 5.28. The molecule has 1 amide bonds. The molecule has 2 aliphatic heterocycles. The zero-order chi connectivity index (χ0) is 13.8. The van der Waals surface area contributed by atoms with Gasteiger partial charge in [-0.15, -0.1) is 0 Å². The summed E-state index contributed by atoms with van der Waals surface area (Å²) in [7, 11) is 0. The predicted octanol–water partition coefficient (Wildman–Crippen LogP) is 1.56. The van der Waals surface area contributed by atoms with Crippen molar-refractivity contribution in [3.05, 3.63) is 30.2 Å². The van der Waals surface area contributed by atoms with Crippen LogP contribution in [0.3, 0.4) is 0 Å². The third-order valence-electron chi connectivity index (χ3n) is 3.68. The molecule has 0 radical (unpaired) electrons. The fourth-order valence-electron chi connectivity index (χ4n) is 2.36. The van der Waals surface area contributed by atoms with Gasteiger partial charge in [-0.25, -0.2) is 0 Å². The van der Waals surface area contributed by atoms with Crippen molar-refractivity contribution in [2.24, 2.45) is 5.92 Å². The fraction of sp³-hybridized carbons (Fsp3) is 0.533. The van der Waals surface area contributed by atoms with E-state index in [1.807, 2.05) is 6.07 Å². The van der Waals surface area contributed by atoms with Crippen LogP contribution in [0.5, 0.6) is 0 Å². The molecule has 20 heavy (non-hydrogen) atoms. The van der Waals surface area contributed by atoms with E-state index >= 15 is 0 Å². The van der Waals surface area contributed by atoms with Gasteiger partial charge in [0.25, 0.3) is 0 Å². The van der Waals surface area contributed by atoms with E-state index in [-0.39, 0.29) is 12.0 Å². The molecule has 3 rings (SSSR count). The molecule has 0 bridgehead atoms. The zero-order valence-electron chi connectivity index (χ0n) is 11.4. The summed E-state index contributed by atoms with van der Waals surface area (Å²) < 4.78 is 16.2. The number of ether oxygens (including phenoxy) is 2. The first-order chi connectivity index (χ1) is 9.81. The Morgan fingerprint density at radius 3 is 3.10 bits per heavy atom. The van der Waals surface area contributed by atoms with Gasteiger partial charge in [-0.3, -0.25) is 4.79 Å². The highest BCUT2D eigenvalue weighted by Crippen LogP contribution is 2.17. The first-order valence-corrected chi connectivity index (χ1v) is 7.01. The van der Waals surface area contributed by atoms with Gasteiger partial charge in [0, 0.05) is 31.7 Å². The average molecular weight is 277 g/mol. The second-order valence-electron chi connectivity index (χ2n) is 5.28. The summed E-state index contributed by atoms with van der Waals surface area (Å²) in [5.41, 5.74) is 0. The molecule has 2 fully saturated rings. The highest BCUT2D eigenvalue weighted by Gasteiger charge is 2.31. The first kappa shape index (κ1) is 13.4. The fourth-order valence-corrected chi connectivity index (χ4v) is 2.36. The van der Waals surface area contributed by atoms with E-state index in [1.165, 1.54) is 0 Å². The summed E-state index contributed by atoms with van der Waals surface area (Å²) in [6, 6.07) is 3.61. The molecule has 1 aromatic heterocycles. The lowest BCUT2D eigenvalue weighted by Crippen LogP contribution is -2.54. The number of hydrogen-bond donors (Lipinski definition) is 0.